The van der Waals surface area contributed by atoms with Crippen molar-refractivity contribution in [3.8, 4) is 11.6 Å². The highest BCUT2D eigenvalue weighted by Gasteiger charge is 2.30. The van der Waals surface area contributed by atoms with Gasteiger partial charge in [-0.05, 0) is 37.0 Å². The first-order chi connectivity index (χ1) is 13.0. The molecule has 1 saturated heterocycles. The Hall–Kier alpha value is -2.63. The zero-order valence-electron chi connectivity index (χ0n) is 16.2. The number of carbonyl (C=O) groups is 1. The van der Waals surface area contributed by atoms with E-state index in [1.807, 2.05) is 30.3 Å². The quantitative estimate of drug-likeness (QED) is 0.673. The van der Waals surface area contributed by atoms with Crippen molar-refractivity contribution in [1.29, 1.82) is 0 Å². The van der Waals surface area contributed by atoms with Gasteiger partial charge in [0, 0.05) is 12.5 Å². The van der Waals surface area contributed by atoms with Crippen LogP contribution in [0.25, 0.3) is 0 Å². The highest BCUT2D eigenvalue weighted by Crippen LogP contribution is 2.26. The molecular weight excluding hydrogens is 342 g/mol. The van der Waals surface area contributed by atoms with E-state index in [1.54, 1.807) is 6.92 Å². The Morgan fingerprint density at radius 2 is 2.00 bits per heavy atom. The lowest BCUT2D eigenvalue weighted by atomic mass is 9.96. The average Bonchev–Trinajstić information content (AvgIpc) is 2.62. The van der Waals surface area contributed by atoms with Crippen LogP contribution < -0.4 is 14.4 Å². The van der Waals surface area contributed by atoms with Gasteiger partial charge in [-0.15, -0.1) is 0 Å². The summed E-state index contributed by atoms with van der Waals surface area (Å²) in [6, 6.07) is 9.92. The minimum absolute atomic E-state index is 0.139. The smallest absolute Gasteiger partial charge is 0.218 e. The highest BCUT2D eigenvalue weighted by molar-refractivity contribution is 5.76. The van der Waals surface area contributed by atoms with Gasteiger partial charge < -0.3 is 19.2 Å². The SMILES string of the molecule is CCCOc1cc(N2CC(Oc3ccc([C@H](C)CC(C)=O)cc3)C2)ncn1. The topological polar surface area (TPSA) is 64.6 Å². The molecule has 27 heavy (non-hydrogen) atoms. The Morgan fingerprint density at radius 1 is 1.26 bits per heavy atom. The van der Waals surface area contributed by atoms with Crippen LogP contribution in [0.2, 0.25) is 0 Å². The lowest BCUT2D eigenvalue weighted by molar-refractivity contribution is -0.117. The molecule has 0 radical (unpaired) electrons. The lowest BCUT2D eigenvalue weighted by Crippen LogP contribution is -2.54. The normalized spacial score (nSPS) is 15.1. The van der Waals surface area contributed by atoms with Gasteiger partial charge in [0.25, 0.3) is 0 Å². The van der Waals surface area contributed by atoms with E-state index < -0.39 is 0 Å². The minimum Gasteiger partial charge on any atom is -0.487 e. The Labute approximate surface area is 160 Å². The lowest BCUT2D eigenvalue weighted by Gasteiger charge is -2.39. The Balaban J connectivity index is 1.50. The van der Waals surface area contributed by atoms with E-state index in [0.717, 1.165) is 36.6 Å². The number of ketones is 1. The largest absolute Gasteiger partial charge is 0.487 e. The second kappa shape index (κ2) is 8.84. The Morgan fingerprint density at radius 3 is 2.67 bits per heavy atom. The van der Waals surface area contributed by atoms with E-state index in [2.05, 4.69) is 28.7 Å². The number of ether oxygens (including phenoxy) is 2. The Kier molecular flexibility index (Phi) is 6.27. The maximum Gasteiger partial charge on any atom is 0.218 e. The van der Waals surface area contributed by atoms with Crippen molar-refractivity contribution < 1.29 is 14.3 Å². The molecular formula is C21H27N3O3. The van der Waals surface area contributed by atoms with Crippen LogP contribution in [0.5, 0.6) is 11.6 Å². The van der Waals surface area contributed by atoms with Crippen LogP contribution in [0, 0.1) is 0 Å². The number of Topliss-reactive ketones (excluding diaryl/α,β-unsaturated/α-hetero) is 1. The maximum atomic E-state index is 11.3. The standard InChI is InChI=1S/C21H27N3O3/c1-4-9-26-21-11-20(22-14-23-21)24-12-19(13-24)27-18-7-5-17(6-8-18)15(2)10-16(3)25/h5-8,11,14-15,19H,4,9-10,12-13H2,1-3H3/t15-/m1/s1. The molecule has 1 atom stereocenters. The molecule has 0 unspecified atom stereocenters. The average molecular weight is 369 g/mol. The highest BCUT2D eigenvalue weighted by atomic mass is 16.5. The van der Waals surface area contributed by atoms with Crippen molar-refractivity contribution in [3.63, 3.8) is 0 Å². The number of hydrogen-bond donors (Lipinski definition) is 0. The molecule has 0 spiro atoms. The molecule has 1 fully saturated rings. The summed E-state index contributed by atoms with van der Waals surface area (Å²) in [7, 11) is 0. The number of carbonyl (C=O) groups excluding carboxylic acids is 1. The second-order valence-electron chi connectivity index (χ2n) is 7.08. The number of hydrogen-bond acceptors (Lipinski definition) is 6. The van der Waals surface area contributed by atoms with Crippen LogP contribution in [-0.4, -0.2) is 41.6 Å². The zero-order valence-corrected chi connectivity index (χ0v) is 16.2. The molecule has 2 aromatic rings. The summed E-state index contributed by atoms with van der Waals surface area (Å²) in [6.07, 6.45) is 3.20. The molecule has 1 aromatic heterocycles. The molecule has 0 amide bonds. The van der Waals surface area contributed by atoms with Crippen molar-refractivity contribution >= 4 is 11.6 Å². The van der Waals surface area contributed by atoms with Crippen LogP contribution in [0.3, 0.4) is 0 Å². The third-order valence-corrected chi connectivity index (χ3v) is 4.60. The molecule has 6 nitrogen and oxygen atoms in total. The van der Waals surface area contributed by atoms with Gasteiger partial charge in [-0.1, -0.05) is 26.0 Å². The van der Waals surface area contributed by atoms with Gasteiger partial charge in [-0.3, -0.25) is 0 Å². The van der Waals surface area contributed by atoms with E-state index in [-0.39, 0.29) is 17.8 Å². The zero-order chi connectivity index (χ0) is 19.2. The number of benzene rings is 1. The first kappa shape index (κ1) is 19.1. The first-order valence-corrected chi connectivity index (χ1v) is 9.51. The van der Waals surface area contributed by atoms with Gasteiger partial charge >= 0.3 is 0 Å². The Bertz CT molecular complexity index is 758. The summed E-state index contributed by atoms with van der Waals surface area (Å²) in [4.78, 5) is 21.9. The molecule has 0 bridgehead atoms. The van der Waals surface area contributed by atoms with Crippen LogP contribution in [0.1, 0.15) is 45.1 Å². The first-order valence-electron chi connectivity index (χ1n) is 9.51. The summed E-state index contributed by atoms with van der Waals surface area (Å²) >= 11 is 0. The summed E-state index contributed by atoms with van der Waals surface area (Å²) in [6.45, 7) is 7.99. The number of rotatable bonds is 9. The number of anilines is 1. The van der Waals surface area contributed by atoms with Crippen molar-refractivity contribution in [2.24, 2.45) is 0 Å². The molecule has 144 valence electrons. The predicted molar refractivity (Wildman–Crippen MR) is 105 cm³/mol. The number of aromatic nitrogens is 2. The van der Waals surface area contributed by atoms with Gasteiger partial charge in [-0.2, -0.15) is 0 Å². The van der Waals surface area contributed by atoms with Crippen LogP contribution >= 0.6 is 0 Å². The monoisotopic (exact) mass is 369 g/mol. The van der Waals surface area contributed by atoms with E-state index >= 15 is 0 Å². The van der Waals surface area contributed by atoms with Gasteiger partial charge in [0.2, 0.25) is 5.88 Å². The molecule has 1 aromatic carbocycles. The maximum absolute atomic E-state index is 11.3. The van der Waals surface area contributed by atoms with Gasteiger partial charge in [0.1, 0.15) is 29.8 Å². The van der Waals surface area contributed by atoms with Crippen molar-refractivity contribution in [1.82, 2.24) is 9.97 Å². The fraction of sp³-hybridized carbons (Fsp3) is 0.476. The fourth-order valence-corrected chi connectivity index (χ4v) is 3.10. The molecule has 3 rings (SSSR count). The summed E-state index contributed by atoms with van der Waals surface area (Å²) < 4.78 is 11.6. The van der Waals surface area contributed by atoms with E-state index in [1.165, 1.54) is 6.33 Å². The summed E-state index contributed by atoms with van der Waals surface area (Å²) in [5, 5.41) is 0. The molecule has 1 aliphatic heterocycles. The fourth-order valence-electron chi connectivity index (χ4n) is 3.10. The minimum atomic E-state index is 0.139. The molecule has 6 heteroatoms. The van der Waals surface area contributed by atoms with E-state index in [9.17, 15) is 4.79 Å². The third kappa shape index (κ3) is 5.18. The van der Waals surface area contributed by atoms with Crippen molar-refractivity contribution in [2.75, 3.05) is 24.6 Å². The number of nitrogens with zero attached hydrogens (tertiary/aromatic N) is 3. The molecule has 0 N–H and O–H groups in total. The third-order valence-electron chi connectivity index (χ3n) is 4.60. The van der Waals surface area contributed by atoms with Gasteiger partial charge in [0.15, 0.2) is 0 Å². The van der Waals surface area contributed by atoms with Crippen LogP contribution in [-0.2, 0) is 4.79 Å². The second-order valence-corrected chi connectivity index (χ2v) is 7.08. The van der Waals surface area contributed by atoms with Crippen LogP contribution in [0.15, 0.2) is 36.7 Å². The van der Waals surface area contributed by atoms with Crippen LogP contribution in [0.4, 0.5) is 5.82 Å². The summed E-state index contributed by atoms with van der Waals surface area (Å²) in [5.41, 5.74) is 1.16. The van der Waals surface area contributed by atoms with Gasteiger partial charge in [0.05, 0.1) is 19.7 Å². The van der Waals surface area contributed by atoms with Crippen molar-refractivity contribution in [2.45, 2.75) is 45.6 Å². The predicted octanol–water partition coefficient (Wildman–Crippen LogP) is 3.62. The van der Waals surface area contributed by atoms with Crippen molar-refractivity contribution in [3.05, 3.63) is 42.2 Å². The molecule has 2 heterocycles. The van der Waals surface area contributed by atoms with E-state index in [4.69, 9.17) is 9.47 Å². The molecule has 0 aliphatic carbocycles. The molecule has 1 aliphatic rings. The summed E-state index contributed by atoms with van der Waals surface area (Å²) in [5.74, 6) is 2.78. The van der Waals surface area contributed by atoms with E-state index in [0.29, 0.717) is 18.9 Å². The molecule has 0 saturated carbocycles. The van der Waals surface area contributed by atoms with Gasteiger partial charge in [-0.25, -0.2) is 9.97 Å².